The van der Waals surface area contributed by atoms with Crippen molar-refractivity contribution in [3.8, 4) is 0 Å². The molecule has 0 bridgehead atoms. The molecule has 3 saturated heterocycles. The van der Waals surface area contributed by atoms with Crippen LogP contribution in [0.5, 0.6) is 0 Å². The van der Waals surface area contributed by atoms with Gasteiger partial charge >= 0.3 is 0 Å². The molecular formula is C20H26FNO4. The summed E-state index contributed by atoms with van der Waals surface area (Å²) >= 11 is 0. The third-order valence-corrected chi connectivity index (χ3v) is 5.71. The standard InChI is InChI=1S/C20H26FNO4/c21-18-4-2-1-3-17(18)19(23)22-13-20(14-22)11-16(7-10-26-20)25-12-15-5-8-24-9-6-15/h1-4,15-16H,5-14H2/t16-/m1/s1. The molecule has 3 aliphatic heterocycles. The van der Waals surface area contributed by atoms with Gasteiger partial charge in [-0.25, -0.2) is 4.39 Å². The van der Waals surface area contributed by atoms with Crippen molar-refractivity contribution in [3.05, 3.63) is 35.6 Å². The van der Waals surface area contributed by atoms with Crippen LogP contribution >= 0.6 is 0 Å². The second-order valence-corrected chi connectivity index (χ2v) is 7.68. The van der Waals surface area contributed by atoms with Crippen LogP contribution in [0.25, 0.3) is 0 Å². The lowest BCUT2D eigenvalue weighted by atomic mass is 9.84. The Kier molecular flexibility index (Phi) is 5.25. The summed E-state index contributed by atoms with van der Waals surface area (Å²) in [6, 6.07) is 6.13. The highest BCUT2D eigenvalue weighted by molar-refractivity contribution is 5.95. The van der Waals surface area contributed by atoms with Crippen molar-refractivity contribution in [3.63, 3.8) is 0 Å². The van der Waals surface area contributed by atoms with Crippen molar-refractivity contribution in [2.45, 2.75) is 37.4 Å². The van der Waals surface area contributed by atoms with Crippen molar-refractivity contribution < 1.29 is 23.4 Å². The van der Waals surface area contributed by atoms with Crippen molar-refractivity contribution in [1.82, 2.24) is 4.90 Å². The molecule has 0 N–H and O–H groups in total. The highest BCUT2D eigenvalue weighted by atomic mass is 19.1. The Labute approximate surface area is 153 Å². The van der Waals surface area contributed by atoms with E-state index in [2.05, 4.69) is 0 Å². The van der Waals surface area contributed by atoms with Crippen LogP contribution in [0, 0.1) is 11.7 Å². The molecule has 0 radical (unpaired) electrons. The minimum atomic E-state index is -0.472. The van der Waals surface area contributed by atoms with E-state index in [1.54, 1.807) is 17.0 Å². The molecule has 3 fully saturated rings. The van der Waals surface area contributed by atoms with Gasteiger partial charge in [-0.15, -0.1) is 0 Å². The van der Waals surface area contributed by atoms with E-state index in [1.807, 2.05) is 0 Å². The molecular weight excluding hydrogens is 337 g/mol. The number of likely N-dealkylation sites (tertiary alicyclic amines) is 1. The fraction of sp³-hybridized carbons (Fsp3) is 0.650. The van der Waals surface area contributed by atoms with Gasteiger partial charge in [0.25, 0.3) is 5.91 Å². The quantitative estimate of drug-likeness (QED) is 0.825. The predicted octanol–water partition coefficient (Wildman–Crippen LogP) is 2.64. The number of ether oxygens (including phenoxy) is 3. The summed E-state index contributed by atoms with van der Waals surface area (Å²) in [6.45, 7) is 4.12. The summed E-state index contributed by atoms with van der Waals surface area (Å²) in [5.74, 6) is -0.147. The van der Waals surface area contributed by atoms with Crippen LogP contribution in [-0.4, -0.2) is 62.0 Å². The van der Waals surface area contributed by atoms with Gasteiger partial charge in [0, 0.05) is 32.8 Å². The second-order valence-electron chi connectivity index (χ2n) is 7.68. The molecule has 0 saturated carbocycles. The smallest absolute Gasteiger partial charge is 0.257 e. The van der Waals surface area contributed by atoms with Gasteiger partial charge in [0.2, 0.25) is 0 Å². The number of carbonyl (C=O) groups is 1. The molecule has 0 aliphatic carbocycles. The van der Waals surface area contributed by atoms with Gasteiger partial charge in [-0.05, 0) is 37.3 Å². The van der Waals surface area contributed by atoms with Gasteiger partial charge in [-0.1, -0.05) is 12.1 Å². The number of hydrogen-bond donors (Lipinski definition) is 0. The molecule has 6 heteroatoms. The lowest BCUT2D eigenvalue weighted by Gasteiger charge is -2.53. The monoisotopic (exact) mass is 363 g/mol. The van der Waals surface area contributed by atoms with Gasteiger partial charge < -0.3 is 19.1 Å². The van der Waals surface area contributed by atoms with Crippen LogP contribution in [0.15, 0.2) is 24.3 Å². The SMILES string of the molecule is O=C(c1ccccc1F)N1CC2(C[C@H](OCC3CCOCC3)CCO2)C1. The van der Waals surface area contributed by atoms with E-state index in [-0.39, 0.29) is 23.2 Å². The molecule has 1 aromatic rings. The van der Waals surface area contributed by atoms with Crippen LogP contribution in [0.4, 0.5) is 4.39 Å². The fourth-order valence-electron chi connectivity index (χ4n) is 4.13. The molecule has 1 spiro atoms. The van der Waals surface area contributed by atoms with Gasteiger partial charge in [0.15, 0.2) is 0 Å². The maximum atomic E-state index is 13.8. The Morgan fingerprint density at radius 2 is 1.96 bits per heavy atom. The minimum Gasteiger partial charge on any atom is -0.381 e. The third-order valence-electron chi connectivity index (χ3n) is 5.71. The predicted molar refractivity (Wildman–Crippen MR) is 93.5 cm³/mol. The Balaban J connectivity index is 1.28. The van der Waals surface area contributed by atoms with Gasteiger partial charge in [-0.3, -0.25) is 4.79 Å². The van der Waals surface area contributed by atoms with Gasteiger partial charge in [0.05, 0.1) is 24.8 Å². The zero-order chi connectivity index (χ0) is 18.0. The number of hydrogen-bond acceptors (Lipinski definition) is 4. The number of amides is 1. The fourth-order valence-corrected chi connectivity index (χ4v) is 4.13. The number of rotatable bonds is 4. The summed E-state index contributed by atoms with van der Waals surface area (Å²) < 4.78 is 31.4. The molecule has 3 aliphatic rings. The molecule has 4 rings (SSSR count). The molecule has 5 nitrogen and oxygen atoms in total. The highest BCUT2D eigenvalue weighted by Crippen LogP contribution is 2.36. The summed E-state index contributed by atoms with van der Waals surface area (Å²) in [7, 11) is 0. The zero-order valence-corrected chi connectivity index (χ0v) is 15.0. The number of carbonyl (C=O) groups excluding carboxylic acids is 1. The average molecular weight is 363 g/mol. The van der Waals surface area contributed by atoms with Crippen molar-refractivity contribution in [1.29, 1.82) is 0 Å². The minimum absolute atomic E-state index is 0.130. The molecule has 1 amide bonds. The first-order valence-electron chi connectivity index (χ1n) is 9.52. The van der Waals surface area contributed by atoms with Crippen LogP contribution in [0.3, 0.4) is 0 Å². The summed E-state index contributed by atoms with van der Waals surface area (Å²) in [6.07, 6.45) is 4.01. The van der Waals surface area contributed by atoms with E-state index >= 15 is 0 Å². The Hall–Kier alpha value is -1.50. The molecule has 3 heterocycles. The highest BCUT2D eigenvalue weighted by Gasteiger charge is 2.50. The van der Waals surface area contributed by atoms with E-state index in [0.29, 0.717) is 25.6 Å². The number of halogens is 1. The lowest BCUT2D eigenvalue weighted by Crippen LogP contribution is -2.67. The molecule has 26 heavy (non-hydrogen) atoms. The topological polar surface area (TPSA) is 48.0 Å². The number of nitrogens with zero attached hydrogens (tertiary/aromatic N) is 1. The van der Waals surface area contributed by atoms with E-state index in [0.717, 1.165) is 45.5 Å². The molecule has 0 aromatic heterocycles. The van der Waals surface area contributed by atoms with E-state index in [1.165, 1.54) is 12.1 Å². The van der Waals surface area contributed by atoms with Crippen molar-refractivity contribution >= 4 is 5.91 Å². The summed E-state index contributed by atoms with van der Waals surface area (Å²) in [4.78, 5) is 14.1. The Morgan fingerprint density at radius 3 is 2.73 bits per heavy atom. The van der Waals surface area contributed by atoms with Gasteiger partial charge in [-0.2, -0.15) is 0 Å². The molecule has 142 valence electrons. The first-order chi connectivity index (χ1) is 12.7. The summed E-state index contributed by atoms with van der Waals surface area (Å²) in [5, 5.41) is 0. The van der Waals surface area contributed by atoms with Crippen LogP contribution in [-0.2, 0) is 14.2 Å². The zero-order valence-electron chi connectivity index (χ0n) is 15.0. The Bertz CT molecular complexity index is 640. The van der Waals surface area contributed by atoms with E-state index in [4.69, 9.17) is 14.2 Å². The van der Waals surface area contributed by atoms with Crippen molar-refractivity contribution in [2.75, 3.05) is 39.5 Å². The van der Waals surface area contributed by atoms with Crippen molar-refractivity contribution in [2.24, 2.45) is 5.92 Å². The normalized spacial score (nSPS) is 25.9. The van der Waals surface area contributed by atoms with Crippen LogP contribution in [0.1, 0.15) is 36.0 Å². The van der Waals surface area contributed by atoms with Crippen LogP contribution < -0.4 is 0 Å². The summed E-state index contributed by atoms with van der Waals surface area (Å²) in [5.41, 5.74) is -0.190. The lowest BCUT2D eigenvalue weighted by molar-refractivity contribution is -0.188. The Morgan fingerprint density at radius 1 is 1.19 bits per heavy atom. The first kappa shape index (κ1) is 17.9. The van der Waals surface area contributed by atoms with E-state index in [9.17, 15) is 9.18 Å². The third kappa shape index (κ3) is 3.77. The van der Waals surface area contributed by atoms with Gasteiger partial charge in [0.1, 0.15) is 11.4 Å². The maximum absolute atomic E-state index is 13.8. The largest absolute Gasteiger partial charge is 0.381 e. The second kappa shape index (κ2) is 7.62. The first-order valence-corrected chi connectivity index (χ1v) is 9.52. The number of benzene rings is 1. The van der Waals surface area contributed by atoms with Crippen LogP contribution in [0.2, 0.25) is 0 Å². The van der Waals surface area contributed by atoms with E-state index < -0.39 is 5.82 Å². The molecule has 0 unspecified atom stereocenters. The molecule has 1 atom stereocenters. The molecule has 1 aromatic carbocycles. The average Bonchev–Trinajstić information content (AvgIpc) is 2.65. The maximum Gasteiger partial charge on any atom is 0.257 e.